The topological polar surface area (TPSA) is 24.1 Å². The van der Waals surface area contributed by atoms with E-state index >= 15 is 0 Å². The summed E-state index contributed by atoms with van der Waals surface area (Å²) in [6, 6.07) is 1.11. The van der Waals surface area contributed by atoms with E-state index in [1.807, 2.05) is 0 Å². The second-order valence-corrected chi connectivity index (χ2v) is 5.07. The largest absolute Gasteiger partial charge is 0.355 e. The molecule has 2 atom stereocenters. The van der Waals surface area contributed by atoms with E-state index in [0.717, 1.165) is 0 Å². The summed E-state index contributed by atoms with van der Waals surface area (Å²) in [7, 11) is 0. The smallest absolute Gasteiger partial charge is 0.0554 e. The average Bonchev–Trinajstić information content (AvgIpc) is 2.67. The van der Waals surface area contributed by atoms with Crippen molar-refractivity contribution in [3.63, 3.8) is 0 Å². The van der Waals surface area contributed by atoms with Gasteiger partial charge in [-0.1, -0.05) is 12.5 Å². The molecule has 82 valence electrons. The van der Waals surface area contributed by atoms with Crippen LogP contribution < -0.4 is 10.6 Å². The number of hydrogen-bond donors (Lipinski definition) is 2. The van der Waals surface area contributed by atoms with Crippen LogP contribution in [0, 0.1) is 0 Å². The predicted octanol–water partition coefficient (Wildman–Crippen LogP) is 2.14. The molecule has 0 spiro atoms. The fraction of sp³-hybridized carbons (Fsp3) is 0.429. The molecule has 0 aromatic rings. The third-order valence-electron chi connectivity index (χ3n) is 4.10. The molecule has 0 amide bonds. The zero-order valence-electron chi connectivity index (χ0n) is 9.29. The Bertz CT molecular complexity index is 465. The molecular formula is C14H16N2. The normalized spacial score (nSPS) is 35.0. The summed E-state index contributed by atoms with van der Waals surface area (Å²) in [5.41, 5.74) is 5.79. The summed E-state index contributed by atoms with van der Waals surface area (Å²) in [6.07, 6.45) is 14.2. The quantitative estimate of drug-likeness (QED) is 0.643. The Hall–Kier alpha value is -1.28. The number of rotatable bonds is 0. The Morgan fingerprint density at radius 2 is 2.25 bits per heavy atom. The summed E-state index contributed by atoms with van der Waals surface area (Å²) in [5, 5.41) is 7.25. The lowest BCUT2D eigenvalue weighted by Crippen LogP contribution is -2.36. The first kappa shape index (κ1) is 8.82. The molecule has 3 aliphatic heterocycles. The Labute approximate surface area is 95.8 Å². The zero-order chi connectivity index (χ0) is 10.5. The van der Waals surface area contributed by atoms with Crippen molar-refractivity contribution < 1.29 is 0 Å². The second kappa shape index (κ2) is 3.11. The standard InChI is InChI=1S/C14H16N2/c1-2-6-11-10(5-1)14-12-7-3-4-9(15-12)8-13(14)16-11/h3-4,7-8,11,13,15-16H,1-2,5-6H2. The van der Waals surface area contributed by atoms with Gasteiger partial charge in [-0.05, 0) is 48.6 Å². The zero-order valence-corrected chi connectivity index (χ0v) is 9.29. The molecule has 0 saturated heterocycles. The highest BCUT2D eigenvalue weighted by Gasteiger charge is 2.36. The SMILES string of the molecule is C1=CC2=CC3NC4CCCCC4=C3C(=C1)N2. The van der Waals surface area contributed by atoms with Crippen LogP contribution in [0.3, 0.4) is 0 Å². The fourth-order valence-corrected chi connectivity index (χ4v) is 3.41. The predicted molar refractivity (Wildman–Crippen MR) is 64.6 cm³/mol. The van der Waals surface area contributed by atoms with Gasteiger partial charge in [-0.3, -0.25) is 5.32 Å². The Morgan fingerprint density at radius 3 is 3.25 bits per heavy atom. The van der Waals surface area contributed by atoms with E-state index in [9.17, 15) is 0 Å². The molecule has 0 radical (unpaired) electrons. The number of nitrogens with one attached hydrogen (secondary N) is 2. The van der Waals surface area contributed by atoms with E-state index in [4.69, 9.17) is 0 Å². The van der Waals surface area contributed by atoms with Gasteiger partial charge in [-0.25, -0.2) is 0 Å². The Kier molecular flexibility index (Phi) is 1.71. The van der Waals surface area contributed by atoms with Crippen molar-refractivity contribution in [1.82, 2.24) is 10.6 Å². The van der Waals surface area contributed by atoms with E-state index in [2.05, 4.69) is 34.9 Å². The van der Waals surface area contributed by atoms with Crippen LogP contribution in [0.2, 0.25) is 0 Å². The number of dihydropyridines is 1. The minimum Gasteiger partial charge on any atom is -0.355 e. The summed E-state index contributed by atoms with van der Waals surface area (Å²) >= 11 is 0. The van der Waals surface area contributed by atoms with Gasteiger partial charge in [0.05, 0.1) is 6.04 Å². The molecule has 1 fully saturated rings. The summed E-state index contributed by atoms with van der Waals surface area (Å²) in [6.45, 7) is 0. The van der Waals surface area contributed by atoms with Crippen molar-refractivity contribution in [2.75, 3.05) is 0 Å². The Morgan fingerprint density at radius 1 is 1.25 bits per heavy atom. The minimum atomic E-state index is 0.463. The van der Waals surface area contributed by atoms with Crippen LogP contribution in [0.5, 0.6) is 0 Å². The third-order valence-corrected chi connectivity index (χ3v) is 4.10. The third kappa shape index (κ3) is 1.11. The fourth-order valence-electron chi connectivity index (χ4n) is 3.41. The van der Waals surface area contributed by atoms with Gasteiger partial charge in [-0.2, -0.15) is 0 Å². The van der Waals surface area contributed by atoms with Crippen molar-refractivity contribution in [3.05, 3.63) is 46.8 Å². The van der Waals surface area contributed by atoms with Crippen molar-refractivity contribution in [3.8, 4) is 0 Å². The minimum absolute atomic E-state index is 0.463. The van der Waals surface area contributed by atoms with E-state index in [1.54, 1.807) is 5.57 Å². The Balaban J connectivity index is 1.87. The molecule has 4 aliphatic rings. The molecule has 1 aliphatic carbocycles. The first-order valence-electron chi connectivity index (χ1n) is 6.28. The van der Waals surface area contributed by atoms with Crippen LogP contribution in [0.1, 0.15) is 25.7 Å². The van der Waals surface area contributed by atoms with E-state index in [0.29, 0.717) is 12.1 Å². The average molecular weight is 212 g/mol. The number of fused-ring (bicyclic) bond motifs is 5. The van der Waals surface area contributed by atoms with E-state index in [-0.39, 0.29) is 0 Å². The lowest BCUT2D eigenvalue weighted by Gasteiger charge is -2.26. The van der Waals surface area contributed by atoms with Crippen LogP contribution in [0.15, 0.2) is 46.8 Å². The van der Waals surface area contributed by atoms with Gasteiger partial charge < -0.3 is 5.32 Å². The van der Waals surface area contributed by atoms with Crippen LogP contribution in [-0.4, -0.2) is 12.1 Å². The van der Waals surface area contributed by atoms with Gasteiger partial charge in [0.15, 0.2) is 0 Å². The van der Waals surface area contributed by atoms with E-state index in [1.165, 1.54) is 42.7 Å². The molecule has 2 heteroatoms. The molecule has 3 heterocycles. The molecule has 4 rings (SSSR count). The van der Waals surface area contributed by atoms with Gasteiger partial charge in [0, 0.05) is 17.4 Å². The first-order chi connectivity index (χ1) is 7.92. The van der Waals surface area contributed by atoms with Gasteiger partial charge >= 0.3 is 0 Å². The van der Waals surface area contributed by atoms with Crippen LogP contribution in [0.25, 0.3) is 0 Å². The highest BCUT2D eigenvalue weighted by atomic mass is 15.0. The number of hydrogen-bond acceptors (Lipinski definition) is 2. The van der Waals surface area contributed by atoms with Gasteiger partial charge in [0.2, 0.25) is 0 Å². The second-order valence-electron chi connectivity index (χ2n) is 5.07. The monoisotopic (exact) mass is 212 g/mol. The number of allylic oxidation sites excluding steroid dienone is 3. The molecule has 0 aromatic carbocycles. The molecule has 2 unspecified atom stereocenters. The van der Waals surface area contributed by atoms with Crippen molar-refractivity contribution in [2.45, 2.75) is 37.8 Å². The lowest BCUT2D eigenvalue weighted by molar-refractivity contribution is 0.479. The summed E-state index contributed by atoms with van der Waals surface area (Å²) in [5.74, 6) is 0. The maximum absolute atomic E-state index is 3.76. The van der Waals surface area contributed by atoms with Crippen LogP contribution in [0.4, 0.5) is 0 Å². The van der Waals surface area contributed by atoms with Crippen LogP contribution >= 0.6 is 0 Å². The molecule has 0 aromatic heterocycles. The van der Waals surface area contributed by atoms with Gasteiger partial charge in [0.1, 0.15) is 0 Å². The first-order valence-corrected chi connectivity index (χ1v) is 6.28. The highest BCUT2D eigenvalue weighted by Crippen LogP contribution is 2.39. The maximum atomic E-state index is 3.76. The summed E-state index contributed by atoms with van der Waals surface area (Å²) in [4.78, 5) is 0. The summed E-state index contributed by atoms with van der Waals surface area (Å²) < 4.78 is 0. The molecule has 2 bridgehead atoms. The van der Waals surface area contributed by atoms with Crippen molar-refractivity contribution in [2.24, 2.45) is 0 Å². The lowest BCUT2D eigenvalue weighted by atomic mass is 9.86. The van der Waals surface area contributed by atoms with Crippen molar-refractivity contribution in [1.29, 1.82) is 0 Å². The maximum Gasteiger partial charge on any atom is 0.0554 e. The van der Waals surface area contributed by atoms with Crippen LogP contribution in [-0.2, 0) is 0 Å². The molecule has 2 N–H and O–H groups in total. The molecule has 2 nitrogen and oxygen atoms in total. The van der Waals surface area contributed by atoms with Gasteiger partial charge in [0.25, 0.3) is 0 Å². The molecular weight excluding hydrogens is 196 g/mol. The molecule has 16 heavy (non-hydrogen) atoms. The highest BCUT2D eigenvalue weighted by molar-refractivity contribution is 5.56. The molecule has 1 saturated carbocycles. The van der Waals surface area contributed by atoms with Crippen molar-refractivity contribution >= 4 is 0 Å². The van der Waals surface area contributed by atoms with E-state index < -0.39 is 0 Å². The van der Waals surface area contributed by atoms with Gasteiger partial charge in [-0.15, -0.1) is 0 Å².